The van der Waals surface area contributed by atoms with E-state index in [2.05, 4.69) is 10.3 Å². The van der Waals surface area contributed by atoms with E-state index in [1.165, 1.54) is 13.1 Å². The van der Waals surface area contributed by atoms with Gasteiger partial charge in [0.05, 0.1) is 6.04 Å². The third-order valence-electron chi connectivity index (χ3n) is 3.37. The van der Waals surface area contributed by atoms with Crippen LogP contribution in [0.4, 0.5) is 5.82 Å². The summed E-state index contributed by atoms with van der Waals surface area (Å²) in [7, 11) is 1.42. The van der Waals surface area contributed by atoms with Crippen molar-refractivity contribution in [3.05, 3.63) is 26.9 Å². The molecule has 110 valence electrons. The Labute approximate surface area is 116 Å². The molecule has 2 N–H and O–H groups in total. The summed E-state index contributed by atoms with van der Waals surface area (Å²) in [5.74, 6) is 0.499. The van der Waals surface area contributed by atoms with Crippen LogP contribution in [0.2, 0.25) is 0 Å². The summed E-state index contributed by atoms with van der Waals surface area (Å²) in [4.78, 5) is 39.4. The lowest BCUT2D eigenvalue weighted by molar-refractivity contribution is -0.129. The summed E-state index contributed by atoms with van der Waals surface area (Å²) in [5, 5.41) is 2.94. The quantitative estimate of drug-likeness (QED) is 0.759. The van der Waals surface area contributed by atoms with Crippen molar-refractivity contribution in [2.45, 2.75) is 26.8 Å². The Morgan fingerprint density at radius 1 is 1.35 bits per heavy atom. The molecular formula is C13H20N4O3. The number of rotatable bonds is 2. The van der Waals surface area contributed by atoms with Gasteiger partial charge in [0.15, 0.2) is 0 Å². The molecule has 20 heavy (non-hydrogen) atoms. The van der Waals surface area contributed by atoms with Gasteiger partial charge in [-0.1, -0.05) is 20.8 Å². The fourth-order valence-electron chi connectivity index (χ4n) is 1.88. The molecule has 1 aliphatic heterocycles. The first kappa shape index (κ1) is 14.4. The molecular weight excluding hydrogens is 260 g/mol. The first-order valence-corrected chi connectivity index (χ1v) is 6.55. The van der Waals surface area contributed by atoms with Gasteiger partial charge in [0.1, 0.15) is 5.82 Å². The summed E-state index contributed by atoms with van der Waals surface area (Å²) in [6.07, 6.45) is 0. The smallest absolute Gasteiger partial charge is 0.329 e. The first-order chi connectivity index (χ1) is 9.18. The normalized spacial score (nSPS) is 15.9. The number of H-pyrrole nitrogens is 1. The van der Waals surface area contributed by atoms with E-state index in [-0.39, 0.29) is 17.5 Å². The van der Waals surface area contributed by atoms with E-state index in [1.54, 1.807) is 0 Å². The summed E-state index contributed by atoms with van der Waals surface area (Å²) in [5.41, 5.74) is -1.20. The number of nitrogens with zero attached hydrogens (tertiary/aromatic N) is 2. The fourth-order valence-corrected chi connectivity index (χ4v) is 1.88. The molecule has 7 nitrogen and oxygen atoms in total. The van der Waals surface area contributed by atoms with E-state index >= 15 is 0 Å². The topological polar surface area (TPSA) is 87.2 Å². The van der Waals surface area contributed by atoms with Crippen LogP contribution in [0.3, 0.4) is 0 Å². The molecule has 1 aromatic heterocycles. The van der Waals surface area contributed by atoms with E-state index in [0.29, 0.717) is 18.9 Å². The molecule has 0 atom stereocenters. The standard InChI is InChI=1S/C13H20N4O3/c1-13(2,3)11(19)14-8-6-17(7-8)9-5-10(18)16(4)12(20)15-9/h5,8H,6-7H2,1-4H3,(H,14,19)(H,15,20). The van der Waals surface area contributed by atoms with Gasteiger partial charge in [-0.05, 0) is 0 Å². The lowest BCUT2D eigenvalue weighted by atomic mass is 9.94. The van der Waals surface area contributed by atoms with Crippen LogP contribution in [-0.4, -0.2) is 34.6 Å². The summed E-state index contributed by atoms with van der Waals surface area (Å²) in [6.45, 7) is 6.75. The van der Waals surface area contributed by atoms with Gasteiger partial charge in [0.25, 0.3) is 5.56 Å². The van der Waals surface area contributed by atoms with Gasteiger partial charge in [-0.15, -0.1) is 0 Å². The molecule has 0 bridgehead atoms. The maximum atomic E-state index is 11.8. The Hall–Kier alpha value is -2.05. The highest BCUT2D eigenvalue weighted by Crippen LogP contribution is 2.18. The minimum absolute atomic E-state index is 0.000353. The number of carbonyl (C=O) groups excluding carboxylic acids is 1. The van der Waals surface area contributed by atoms with Crippen molar-refractivity contribution < 1.29 is 4.79 Å². The van der Waals surface area contributed by atoms with Gasteiger partial charge < -0.3 is 10.2 Å². The molecule has 2 heterocycles. The van der Waals surface area contributed by atoms with Crippen LogP contribution >= 0.6 is 0 Å². The molecule has 2 rings (SSSR count). The maximum absolute atomic E-state index is 11.8. The molecule has 0 aromatic carbocycles. The van der Waals surface area contributed by atoms with Crippen LogP contribution in [0.1, 0.15) is 20.8 Å². The molecule has 0 spiro atoms. The van der Waals surface area contributed by atoms with E-state index in [1.807, 2.05) is 25.7 Å². The molecule has 1 fully saturated rings. The molecule has 0 radical (unpaired) electrons. The monoisotopic (exact) mass is 280 g/mol. The van der Waals surface area contributed by atoms with Crippen molar-refractivity contribution in [3.63, 3.8) is 0 Å². The highest BCUT2D eigenvalue weighted by Gasteiger charge is 2.32. The summed E-state index contributed by atoms with van der Waals surface area (Å²) >= 11 is 0. The van der Waals surface area contributed by atoms with Crippen molar-refractivity contribution in [1.82, 2.24) is 14.9 Å². The Morgan fingerprint density at radius 3 is 2.45 bits per heavy atom. The van der Waals surface area contributed by atoms with Gasteiger partial charge in [0.2, 0.25) is 5.91 Å². The Kier molecular flexibility index (Phi) is 3.45. The molecule has 0 unspecified atom stereocenters. The largest absolute Gasteiger partial charge is 0.354 e. The number of aromatic amines is 1. The maximum Gasteiger partial charge on any atom is 0.329 e. The lowest BCUT2D eigenvalue weighted by Crippen LogP contribution is -2.61. The van der Waals surface area contributed by atoms with Crippen molar-refractivity contribution in [2.75, 3.05) is 18.0 Å². The number of anilines is 1. The van der Waals surface area contributed by atoms with Crippen molar-refractivity contribution >= 4 is 11.7 Å². The SMILES string of the molecule is Cn1c(=O)cc(N2CC(NC(=O)C(C)(C)C)C2)[nH]c1=O. The number of aromatic nitrogens is 2. The van der Waals surface area contributed by atoms with Crippen LogP contribution in [0, 0.1) is 5.41 Å². The predicted octanol–water partition coefficient (Wildman–Crippen LogP) is -0.575. The van der Waals surface area contributed by atoms with Crippen LogP contribution in [0.5, 0.6) is 0 Å². The second-order valence-corrected chi connectivity index (χ2v) is 6.18. The lowest BCUT2D eigenvalue weighted by Gasteiger charge is -2.41. The molecule has 0 saturated carbocycles. The molecule has 1 saturated heterocycles. The molecule has 0 aliphatic carbocycles. The van der Waals surface area contributed by atoms with Crippen LogP contribution in [0.25, 0.3) is 0 Å². The fraction of sp³-hybridized carbons (Fsp3) is 0.615. The third-order valence-corrected chi connectivity index (χ3v) is 3.37. The summed E-state index contributed by atoms with van der Waals surface area (Å²) in [6, 6.07) is 1.44. The van der Waals surface area contributed by atoms with Crippen LogP contribution in [0.15, 0.2) is 15.7 Å². The first-order valence-electron chi connectivity index (χ1n) is 6.55. The van der Waals surface area contributed by atoms with Gasteiger partial charge in [-0.2, -0.15) is 0 Å². The number of amides is 1. The zero-order chi connectivity index (χ0) is 15.1. The van der Waals surface area contributed by atoms with E-state index in [0.717, 1.165) is 4.57 Å². The van der Waals surface area contributed by atoms with Gasteiger partial charge in [0, 0.05) is 31.6 Å². The Balaban J connectivity index is 1.99. The third kappa shape index (κ3) is 2.76. The number of hydrogen-bond donors (Lipinski definition) is 2. The number of carbonyl (C=O) groups is 1. The van der Waals surface area contributed by atoms with Gasteiger partial charge in [-0.25, -0.2) is 4.79 Å². The molecule has 7 heteroatoms. The van der Waals surface area contributed by atoms with Crippen molar-refractivity contribution in [3.8, 4) is 0 Å². The van der Waals surface area contributed by atoms with Crippen molar-refractivity contribution in [2.24, 2.45) is 12.5 Å². The zero-order valence-electron chi connectivity index (χ0n) is 12.2. The Bertz CT molecular complexity index is 601. The highest BCUT2D eigenvalue weighted by molar-refractivity contribution is 5.82. The Morgan fingerprint density at radius 2 is 1.95 bits per heavy atom. The highest BCUT2D eigenvalue weighted by atomic mass is 16.2. The van der Waals surface area contributed by atoms with E-state index in [4.69, 9.17) is 0 Å². The number of hydrogen-bond acceptors (Lipinski definition) is 4. The van der Waals surface area contributed by atoms with Gasteiger partial charge >= 0.3 is 5.69 Å². The minimum Gasteiger partial charge on any atom is -0.354 e. The van der Waals surface area contributed by atoms with E-state index < -0.39 is 11.1 Å². The van der Waals surface area contributed by atoms with Crippen LogP contribution in [-0.2, 0) is 11.8 Å². The zero-order valence-corrected chi connectivity index (χ0v) is 12.2. The molecule has 1 aliphatic rings. The number of nitrogens with one attached hydrogen (secondary N) is 2. The van der Waals surface area contributed by atoms with Crippen LogP contribution < -0.4 is 21.5 Å². The van der Waals surface area contributed by atoms with E-state index in [9.17, 15) is 14.4 Å². The molecule has 1 amide bonds. The summed E-state index contributed by atoms with van der Waals surface area (Å²) < 4.78 is 1.02. The predicted molar refractivity (Wildman–Crippen MR) is 75.9 cm³/mol. The second-order valence-electron chi connectivity index (χ2n) is 6.18. The van der Waals surface area contributed by atoms with Crippen molar-refractivity contribution in [1.29, 1.82) is 0 Å². The average Bonchev–Trinajstić information content (AvgIpc) is 2.28. The van der Waals surface area contributed by atoms with Gasteiger partial charge in [-0.3, -0.25) is 19.1 Å². The second kappa shape index (κ2) is 4.81. The minimum atomic E-state index is -0.435. The average molecular weight is 280 g/mol. The molecule has 1 aromatic rings.